The largest absolute Gasteiger partial charge is 0.481 e. The average molecular weight is 291 g/mol. The average Bonchev–Trinajstić information content (AvgIpc) is 2.41. The molecule has 0 saturated carbocycles. The van der Waals surface area contributed by atoms with Crippen molar-refractivity contribution in [1.29, 1.82) is 0 Å². The summed E-state index contributed by atoms with van der Waals surface area (Å²) < 4.78 is 5.59. The summed E-state index contributed by atoms with van der Waals surface area (Å²) in [6.07, 6.45) is 0.859. The molecule has 0 spiro atoms. The lowest BCUT2D eigenvalue weighted by atomic mass is 10.2. The number of carbonyl (C=O) groups excluding carboxylic acids is 1. The van der Waals surface area contributed by atoms with Gasteiger partial charge in [-0.05, 0) is 43.7 Å². The minimum absolute atomic E-state index is 0.263. The number of hydrogen-bond donors (Lipinski definition) is 1. The number of hydrogen-bond acceptors (Lipinski definition) is 3. The molecule has 20 heavy (non-hydrogen) atoms. The highest BCUT2D eigenvalue weighted by Crippen LogP contribution is 2.15. The first-order valence-corrected chi connectivity index (χ1v) is 6.58. The van der Waals surface area contributed by atoms with Crippen molar-refractivity contribution < 1.29 is 9.53 Å². The van der Waals surface area contributed by atoms with E-state index in [4.69, 9.17) is 16.3 Å². The van der Waals surface area contributed by atoms with Crippen LogP contribution in [-0.2, 0) is 4.79 Å². The zero-order chi connectivity index (χ0) is 14.5. The third-order valence-corrected chi connectivity index (χ3v) is 2.87. The van der Waals surface area contributed by atoms with Crippen molar-refractivity contribution in [3.05, 3.63) is 53.2 Å². The van der Waals surface area contributed by atoms with E-state index in [9.17, 15) is 4.79 Å². The fourth-order valence-electron chi connectivity index (χ4n) is 1.62. The van der Waals surface area contributed by atoms with Gasteiger partial charge in [-0.15, -0.1) is 0 Å². The monoisotopic (exact) mass is 290 g/mol. The first-order chi connectivity index (χ1) is 9.54. The van der Waals surface area contributed by atoms with Crippen LogP contribution in [0.5, 0.6) is 5.75 Å². The maximum absolute atomic E-state index is 12.0. The van der Waals surface area contributed by atoms with E-state index in [1.807, 2.05) is 31.2 Å². The lowest BCUT2D eigenvalue weighted by Gasteiger charge is -2.14. The smallest absolute Gasteiger partial charge is 0.266 e. The lowest BCUT2D eigenvalue weighted by Crippen LogP contribution is -2.30. The maximum Gasteiger partial charge on any atom is 0.266 e. The molecule has 1 aromatic carbocycles. The molecular weight excluding hydrogens is 276 g/mol. The van der Waals surface area contributed by atoms with Crippen LogP contribution in [0.25, 0.3) is 0 Å². The Hall–Kier alpha value is -2.07. The first-order valence-electron chi connectivity index (χ1n) is 6.20. The summed E-state index contributed by atoms with van der Waals surface area (Å²) in [5.41, 5.74) is 1.08. The van der Waals surface area contributed by atoms with E-state index in [0.717, 1.165) is 5.56 Å². The second kappa shape index (κ2) is 6.39. The van der Waals surface area contributed by atoms with Crippen molar-refractivity contribution in [2.45, 2.75) is 20.0 Å². The van der Waals surface area contributed by atoms with Crippen molar-refractivity contribution in [1.82, 2.24) is 4.98 Å². The number of aryl methyl sites for hydroxylation is 1. The fourth-order valence-corrected chi connectivity index (χ4v) is 1.74. The highest BCUT2D eigenvalue weighted by atomic mass is 35.5. The van der Waals surface area contributed by atoms with Crippen molar-refractivity contribution in [3.63, 3.8) is 0 Å². The molecule has 0 aliphatic carbocycles. The highest BCUT2D eigenvalue weighted by Gasteiger charge is 2.15. The molecule has 2 rings (SSSR count). The molecule has 0 aliphatic rings. The fraction of sp³-hybridized carbons (Fsp3) is 0.200. The van der Waals surface area contributed by atoms with Gasteiger partial charge in [-0.25, -0.2) is 4.98 Å². The van der Waals surface area contributed by atoms with Crippen LogP contribution >= 0.6 is 11.6 Å². The summed E-state index contributed by atoms with van der Waals surface area (Å²) in [6, 6.07) is 10.8. The van der Waals surface area contributed by atoms with E-state index in [2.05, 4.69) is 10.3 Å². The molecule has 1 heterocycles. The number of ether oxygens (including phenoxy) is 1. The van der Waals surface area contributed by atoms with Gasteiger partial charge in [0.25, 0.3) is 5.91 Å². The van der Waals surface area contributed by atoms with Crippen molar-refractivity contribution >= 4 is 23.3 Å². The van der Waals surface area contributed by atoms with Crippen LogP contribution in [0.1, 0.15) is 12.5 Å². The lowest BCUT2D eigenvalue weighted by molar-refractivity contribution is -0.122. The van der Waals surface area contributed by atoms with Crippen molar-refractivity contribution in [3.8, 4) is 5.75 Å². The highest BCUT2D eigenvalue weighted by molar-refractivity contribution is 6.30. The summed E-state index contributed by atoms with van der Waals surface area (Å²) >= 11 is 5.73. The predicted octanol–water partition coefficient (Wildman–Crippen LogP) is 3.45. The van der Waals surface area contributed by atoms with Gasteiger partial charge in [-0.1, -0.05) is 23.7 Å². The Morgan fingerprint density at radius 1 is 1.35 bits per heavy atom. The van der Waals surface area contributed by atoms with Crippen molar-refractivity contribution in [2.75, 3.05) is 5.32 Å². The van der Waals surface area contributed by atoms with E-state index >= 15 is 0 Å². The molecule has 0 bridgehead atoms. The number of amides is 1. The van der Waals surface area contributed by atoms with Crippen LogP contribution in [0.2, 0.25) is 5.02 Å². The minimum atomic E-state index is -0.616. The zero-order valence-electron chi connectivity index (χ0n) is 11.3. The van der Waals surface area contributed by atoms with Gasteiger partial charge in [0.1, 0.15) is 11.6 Å². The van der Waals surface area contributed by atoms with E-state index in [1.165, 1.54) is 6.20 Å². The third-order valence-electron chi connectivity index (χ3n) is 2.65. The summed E-state index contributed by atoms with van der Waals surface area (Å²) in [5.74, 6) is 0.845. The zero-order valence-corrected chi connectivity index (χ0v) is 12.0. The number of halogens is 1. The second-order valence-electron chi connectivity index (χ2n) is 4.43. The van der Waals surface area contributed by atoms with Gasteiger partial charge in [0, 0.05) is 6.20 Å². The van der Waals surface area contributed by atoms with Crippen LogP contribution in [0.4, 0.5) is 5.82 Å². The molecule has 0 fully saturated rings. The van der Waals surface area contributed by atoms with Gasteiger partial charge in [0.15, 0.2) is 6.10 Å². The number of carbonyl (C=O) groups is 1. The Bertz CT molecular complexity index is 599. The number of nitrogens with one attached hydrogen (secondary N) is 1. The van der Waals surface area contributed by atoms with E-state index < -0.39 is 6.10 Å². The quantitative estimate of drug-likeness (QED) is 0.938. The van der Waals surface area contributed by atoms with E-state index in [1.54, 1.807) is 19.1 Å². The molecule has 104 valence electrons. The topological polar surface area (TPSA) is 51.2 Å². The standard InChI is InChI=1S/C15H15ClN2O2/c1-10-4-3-5-13(8-10)20-11(2)15(19)18-14-7-6-12(16)9-17-14/h3-9,11H,1-2H3,(H,17,18,19). The Kier molecular flexibility index (Phi) is 4.58. The summed E-state index contributed by atoms with van der Waals surface area (Å²) in [5, 5.41) is 3.19. The predicted molar refractivity (Wildman–Crippen MR) is 79.1 cm³/mol. The number of nitrogens with zero attached hydrogens (tertiary/aromatic N) is 1. The molecule has 0 saturated heterocycles. The van der Waals surface area contributed by atoms with E-state index in [-0.39, 0.29) is 5.91 Å². The molecule has 0 aliphatic heterocycles. The molecule has 1 N–H and O–H groups in total. The normalized spacial score (nSPS) is 11.8. The molecular formula is C15H15ClN2O2. The summed E-state index contributed by atoms with van der Waals surface area (Å²) in [4.78, 5) is 16.0. The third kappa shape index (κ3) is 3.96. The van der Waals surface area contributed by atoms with Crippen LogP contribution in [0, 0.1) is 6.92 Å². The molecule has 1 atom stereocenters. The molecule has 1 aromatic heterocycles. The number of rotatable bonds is 4. The van der Waals surface area contributed by atoms with Gasteiger partial charge in [0.2, 0.25) is 0 Å². The Morgan fingerprint density at radius 3 is 2.80 bits per heavy atom. The number of benzene rings is 1. The van der Waals surface area contributed by atoms with Gasteiger partial charge in [0.05, 0.1) is 5.02 Å². The van der Waals surface area contributed by atoms with Gasteiger partial charge in [-0.3, -0.25) is 4.79 Å². The number of anilines is 1. The molecule has 1 unspecified atom stereocenters. The van der Waals surface area contributed by atoms with Crippen LogP contribution in [0.3, 0.4) is 0 Å². The Morgan fingerprint density at radius 2 is 2.15 bits per heavy atom. The first kappa shape index (κ1) is 14.3. The number of pyridine rings is 1. The van der Waals surface area contributed by atoms with Crippen molar-refractivity contribution in [2.24, 2.45) is 0 Å². The molecule has 5 heteroatoms. The van der Waals surface area contributed by atoms with Gasteiger partial charge in [-0.2, -0.15) is 0 Å². The van der Waals surface area contributed by atoms with Crippen LogP contribution < -0.4 is 10.1 Å². The SMILES string of the molecule is Cc1cccc(OC(C)C(=O)Nc2ccc(Cl)cn2)c1. The minimum Gasteiger partial charge on any atom is -0.481 e. The molecule has 2 aromatic rings. The summed E-state index contributed by atoms with van der Waals surface area (Å²) in [7, 11) is 0. The van der Waals surface area contributed by atoms with Gasteiger partial charge >= 0.3 is 0 Å². The second-order valence-corrected chi connectivity index (χ2v) is 4.86. The van der Waals surface area contributed by atoms with E-state index in [0.29, 0.717) is 16.6 Å². The Balaban J connectivity index is 1.96. The summed E-state index contributed by atoms with van der Waals surface area (Å²) in [6.45, 7) is 3.66. The van der Waals surface area contributed by atoms with Crippen LogP contribution in [0.15, 0.2) is 42.6 Å². The molecule has 1 amide bonds. The Labute approximate surface area is 122 Å². The maximum atomic E-state index is 12.0. The molecule has 0 radical (unpaired) electrons. The van der Waals surface area contributed by atoms with Crippen LogP contribution in [-0.4, -0.2) is 17.0 Å². The van der Waals surface area contributed by atoms with Gasteiger partial charge < -0.3 is 10.1 Å². The number of aromatic nitrogens is 1. The molecule has 4 nitrogen and oxygen atoms in total.